The van der Waals surface area contributed by atoms with E-state index in [2.05, 4.69) is 26.1 Å². The summed E-state index contributed by atoms with van der Waals surface area (Å²) in [5, 5.41) is 17.9. The van der Waals surface area contributed by atoms with Crippen LogP contribution in [0.3, 0.4) is 0 Å². The topological polar surface area (TPSA) is 205 Å². The lowest BCUT2D eigenvalue weighted by Gasteiger charge is -2.22. The van der Waals surface area contributed by atoms with E-state index < -0.39 is 30.0 Å². The van der Waals surface area contributed by atoms with Crippen LogP contribution < -0.4 is 31.4 Å². The number of hydrogen-bond donors (Lipinski definition) is 7. The number of aromatic nitrogens is 2. The molecule has 0 spiro atoms. The Morgan fingerprint density at radius 1 is 1.09 bits per heavy atom. The number of carboxylic acid groups (broad SMARTS) is 1. The van der Waals surface area contributed by atoms with Crippen molar-refractivity contribution in [1.82, 2.24) is 20.8 Å². The van der Waals surface area contributed by atoms with E-state index in [-0.39, 0.29) is 17.6 Å². The largest absolute Gasteiger partial charge is 0.490 e. The van der Waals surface area contributed by atoms with Crippen LogP contribution in [0.2, 0.25) is 0 Å². The van der Waals surface area contributed by atoms with Gasteiger partial charge in [0.2, 0.25) is 0 Å². The molecular weight excluding hydrogens is 575 g/mol. The van der Waals surface area contributed by atoms with Crippen LogP contribution in [0.25, 0.3) is 0 Å². The lowest BCUT2D eigenvalue weighted by atomic mass is 10.0. The van der Waals surface area contributed by atoms with Gasteiger partial charge in [0.15, 0.2) is 17.2 Å². The van der Waals surface area contributed by atoms with Crippen LogP contribution in [0, 0.1) is 12.3 Å². The predicted octanol–water partition coefficient (Wildman–Crippen LogP) is 3.44. The zero-order valence-corrected chi connectivity index (χ0v) is 23.6. The van der Waals surface area contributed by atoms with Crippen molar-refractivity contribution < 1.29 is 42.1 Å². The van der Waals surface area contributed by atoms with E-state index in [1.54, 1.807) is 49.4 Å². The quantitative estimate of drug-likeness (QED) is 0.102. The second kappa shape index (κ2) is 15.1. The summed E-state index contributed by atoms with van der Waals surface area (Å²) < 4.78 is 43.3. The molecule has 3 rings (SSSR count). The van der Waals surface area contributed by atoms with Gasteiger partial charge in [0.25, 0.3) is 11.8 Å². The fraction of sp³-hybridized carbons (Fsp3) is 0.296. The highest BCUT2D eigenvalue weighted by Crippen LogP contribution is 2.33. The second-order valence-electron chi connectivity index (χ2n) is 9.00. The van der Waals surface area contributed by atoms with Gasteiger partial charge in [0.1, 0.15) is 11.9 Å². The number of amides is 2. The minimum atomic E-state index is -5.08. The lowest BCUT2D eigenvalue weighted by Crippen LogP contribution is -2.45. The number of carboxylic acids is 1. The van der Waals surface area contributed by atoms with Crippen molar-refractivity contribution in [2.24, 2.45) is 5.73 Å². The molecule has 232 valence electrons. The minimum Gasteiger partial charge on any atom is -0.490 e. The molecule has 13 nitrogen and oxygen atoms in total. The standard InChI is InChI=1S/C25H31N7O4.C2HF3O2/c1-5-35-20-12-17(8-11-19(20)36-14(2)3)22(30-18-9-6-16(7-10-18)23(26)27)25(34)32-31-24(33)21-15(4)28-13-29-21;3-2(4,5)1(6)7/h6-14,22,30H,5H2,1-4H3,(H3,26,27)(H,28,29)(H,31,33)(H,32,34);(H,6,7). The van der Waals surface area contributed by atoms with Gasteiger partial charge in [0.05, 0.1) is 19.0 Å². The zero-order valence-electron chi connectivity index (χ0n) is 23.6. The molecular formula is C27H32F3N7O6. The number of nitrogens with one attached hydrogen (secondary N) is 5. The molecule has 3 aromatic rings. The van der Waals surface area contributed by atoms with E-state index >= 15 is 0 Å². The number of H-pyrrole nitrogens is 1. The van der Waals surface area contributed by atoms with E-state index in [1.165, 1.54) is 6.33 Å². The maximum Gasteiger partial charge on any atom is 0.490 e. The van der Waals surface area contributed by atoms with Gasteiger partial charge in [-0.05, 0) is 69.7 Å². The third-order valence-electron chi connectivity index (χ3n) is 5.32. The summed E-state index contributed by atoms with van der Waals surface area (Å²) in [7, 11) is 0. The average molecular weight is 608 g/mol. The highest BCUT2D eigenvalue weighted by Gasteiger charge is 2.38. The van der Waals surface area contributed by atoms with Crippen LogP contribution in [-0.4, -0.2) is 57.6 Å². The number of anilines is 1. The number of amidine groups is 1. The summed E-state index contributed by atoms with van der Waals surface area (Å²) in [6.07, 6.45) is -3.75. The maximum absolute atomic E-state index is 13.3. The molecule has 43 heavy (non-hydrogen) atoms. The number of nitrogens with two attached hydrogens (primary N) is 1. The first-order valence-corrected chi connectivity index (χ1v) is 12.7. The number of hydrazine groups is 1. The molecule has 2 amide bonds. The van der Waals surface area contributed by atoms with Gasteiger partial charge < -0.3 is 30.6 Å². The van der Waals surface area contributed by atoms with Crippen LogP contribution >= 0.6 is 0 Å². The number of nitrogen functional groups attached to an aromatic ring is 1. The van der Waals surface area contributed by atoms with Crippen molar-refractivity contribution in [3.8, 4) is 11.5 Å². The second-order valence-corrected chi connectivity index (χ2v) is 9.00. The summed E-state index contributed by atoms with van der Waals surface area (Å²) in [6, 6.07) is 11.1. The predicted molar refractivity (Wildman–Crippen MR) is 150 cm³/mol. The molecule has 2 aromatic carbocycles. The summed E-state index contributed by atoms with van der Waals surface area (Å²) in [6.45, 7) is 7.80. The van der Waals surface area contributed by atoms with Crippen molar-refractivity contribution in [3.05, 3.63) is 71.3 Å². The third kappa shape index (κ3) is 10.2. The fourth-order valence-electron chi connectivity index (χ4n) is 3.37. The molecule has 0 saturated carbocycles. The van der Waals surface area contributed by atoms with E-state index in [0.29, 0.717) is 40.6 Å². The Morgan fingerprint density at radius 3 is 2.21 bits per heavy atom. The molecule has 1 heterocycles. The van der Waals surface area contributed by atoms with Crippen LogP contribution in [0.5, 0.6) is 11.5 Å². The summed E-state index contributed by atoms with van der Waals surface area (Å²) in [5.41, 5.74) is 12.9. The molecule has 0 fully saturated rings. The summed E-state index contributed by atoms with van der Waals surface area (Å²) in [5.74, 6) is -2.84. The Morgan fingerprint density at radius 2 is 1.72 bits per heavy atom. The van der Waals surface area contributed by atoms with Gasteiger partial charge in [-0.25, -0.2) is 9.78 Å². The third-order valence-corrected chi connectivity index (χ3v) is 5.32. The number of imidazole rings is 1. The molecule has 0 aliphatic heterocycles. The number of halogens is 3. The Labute approximate surface area is 244 Å². The summed E-state index contributed by atoms with van der Waals surface area (Å²) >= 11 is 0. The number of hydrogen-bond acceptors (Lipinski definition) is 8. The summed E-state index contributed by atoms with van der Waals surface area (Å²) in [4.78, 5) is 41.4. The van der Waals surface area contributed by atoms with E-state index in [9.17, 15) is 22.8 Å². The van der Waals surface area contributed by atoms with Crippen molar-refractivity contribution in [3.63, 3.8) is 0 Å². The Balaban J connectivity index is 0.000000821. The Bertz CT molecular complexity index is 1430. The fourth-order valence-corrected chi connectivity index (χ4v) is 3.37. The Hall–Kier alpha value is -5.28. The lowest BCUT2D eigenvalue weighted by molar-refractivity contribution is -0.192. The molecule has 0 saturated heterocycles. The number of benzene rings is 2. The SMILES string of the molecule is CCOc1cc(C(Nc2ccc(C(=N)N)cc2)C(=O)NNC(=O)c2nc[nH]c2C)ccc1OC(C)C.O=C(O)C(F)(F)F. The molecule has 1 atom stereocenters. The normalized spacial score (nSPS) is 11.4. The first kappa shape index (κ1) is 33.9. The van der Waals surface area contributed by atoms with Gasteiger partial charge in [0, 0.05) is 16.9 Å². The van der Waals surface area contributed by atoms with Gasteiger partial charge in [-0.1, -0.05) is 6.07 Å². The number of carbonyl (C=O) groups is 3. The first-order valence-electron chi connectivity index (χ1n) is 12.7. The van der Waals surface area contributed by atoms with Crippen LogP contribution in [0.4, 0.5) is 18.9 Å². The number of aliphatic carboxylic acids is 1. The van der Waals surface area contributed by atoms with Gasteiger partial charge in [-0.2, -0.15) is 13.2 Å². The zero-order chi connectivity index (χ0) is 32.3. The highest BCUT2D eigenvalue weighted by molar-refractivity contribution is 5.96. The van der Waals surface area contributed by atoms with Crippen molar-refractivity contribution in [2.75, 3.05) is 11.9 Å². The molecule has 16 heteroatoms. The van der Waals surface area contributed by atoms with Gasteiger partial charge in [-0.15, -0.1) is 0 Å². The van der Waals surface area contributed by atoms with E-state index in [4.69, 9.17) is 30.5 Å². The molecule has 0 aliphatic rings. The van der Waals surface area contributed by atoms with Crippen molar-refractivity contribution >= 4 is 29.3 Å². The monoisotopic (exact) mass is 607 g/mol. The molecule has 0 radical (unpaired) electrons. The van der Waals surface area contributed by atoms with Gasteiger partial charge in [-0.3, -0.25) is 25.8 Å². The number of ether oxygens (including phenoxy) is 2. The van der Waals surface area contributed by atoms with E-state index in [1.807, 2.05) is 20.8 Å². The van der Waals surface area contributed by atoms with Gasteiger partial charge >= 0.3 is 12.1 Å². The van der Waals surface area contributed by atoms with Crippen LogP contribution in [0.1, 0.15) is 54.1 Å². The van der Waals surface area contributed by atoms with Crippen molar-refractivity contribution in [1.29, 1.82) is 5.41 Å². The molecule has 8 N–H and O–H groups in total. The van der Waals surface area contributed by atoms with Crippen LogP contribution in [0.15, 0.2) is 48.8 Å². The average Bonchev–Trinajstić information content (AvgIpc) is 3.37. The number of carbonyl (C=O) groups excluding carboxylic acids is 2. The molecule has 0 aliphatic carbocycles. The number of rotatable bonds is 10. The minimum absolute atomic E-state index is 0.0608. The number of alkyl halides is 3. The number of aryl methyl sites for hydroxylation is 1. The molecule has 0 bridgehead atoms. The number of nitrogens with zero attached hydrogens (tertiary/aromatic N) is 1. The van der Waals surface area contributed by atoms with Crippen molar-refractivity contribution in [2.45, 2.75) is 46.0 Å². The van der Waals surface area contributed by atoms with Crippen LogP contribution in [-0.2, 0) is 9.59 Å². The van der Waals surface area contributed by atoms with E-state index in [0.717, 1.165) is 0 Å². The molecule has 1 aromatic heterocycles. The Kier molecular flexibility index (Phi) is 11.9. The maximum atomic E-state index is 13.3. The highest BCUT2D eigenvalue weighted by atomic mass is 19.4. The molecule has 1 unspecified atom stereocenters. The smallest absolute Gasteiger partial charge is 0.490 e. The first-order chi connectivity index (χ1) is 20.1. The number of aromatic amines is 1.